The van der Waals surface area contributed by atoms with Gasteiger partial charge in [-0.3, -0.25) is 0 Å². The number of fused-ring (bicyclic) bond motifs is 4. The van der Waals surface area contributed by atoms with Crippen molar-refractivity contribution in [2.45, 2.75) is 0 Å². The fourth-order valence-electron chi connectivity index (χ4n) is 8.22. The summed E-state index contributed by atoms with van der Waals surface area (Å²) in [4.78, 5) is 2.54. The lowest BCUT2D eigenvalue weighted by molar-refractivity contribution is 1.18. The van der Waals surface area contributed by atoms with Crippen LogP contribution in [-0.4, -0.2) is 4.57 Å². The van der Waals surface area contributed by atoms with Gasteiger partial charge in [-0.25, -0.2) is 0 Å². The quantitative estimate of drug-likeness (QED) is 0.162. The average Bonchev–Trinajstić information content (AvgIpc) is 3.60. The van der Waals surface area contributed by atoms with Gasteiger partial charge in [0.2, 0.25) is 0 Å². The minimum Gasteiger partial charge on any atom is -0.309 e. The Morgan fingerprint density at radius 2 is 0.833 bits per heavy atom. The minimum atomic E-state index is 1.12. The van der Waals surface area contributed by atoms with Crippen molar-refractivity contribution in [1.82, 2.24) is 4.57 Å². The molecule has 9 aromatic carbocycles. The normalized spacial score (nSPS) is 11.3. The third-order valence-corrected chi connectivity index (χ3v) is 10.6. The number of benzene rings is 9. The van der Waals surface area contributed by atoms with Gasteiger partial charge >= 0.3 is 0 Å². The maximum atomic E-state index is 2.54. The van der Waals surface area contributed by atoms with Crippen molar-refractivity contribution in [1.29, 1.82) is 0 Å². The first-order chi connectivity index (χ1) is 26.8. The molecule has 0 bridgehead atoms. The van der Waals surface area contributed by atoms with E-state index in [1.54, 1.807) is 0 Å². The molecule has 10 rings (SSSR count). The molecule has 10 aromatic rings. The Labute approximate surface area is 315 Å². The third-order valence-electron chi connectivity index (χ3n) is 10.6. The second-order valence-electron chi connectivity index (χ2n) is 13.7. The van der Waals surface area contributed by atoms with Crippen LogP contribution in [0.1, 0.15) is 0 Å². The van der Waals surface area contributed by atoms with E-state index in [2.05, 4.69) is 228 Å². The Kier molecular flexibility index (Phi) is 7.85. The number of hydrogen-bond donors (Lipinski definition) is 0. The lowest BCUT2D eigenvalue weighted by Gasteiger charge is -2.32. The van der Waals surface area contributed by atoms with E-state index in [9.17, 15) is 0 Å². The topological polar surface area (TPSA) is 8.17 Å². The molecule has 0 atom stereocenters. The molecule has 54 heavy (non-hydrogen) atoms. The van der Waals surface area contributed by atoms with Crippen LogP contribution in [-0.2, 0) is 0 Å². The molecule has 0 unspecified atom stereocenters. The smallest absolute Gasteiger partial charge is 0.0618 e. The van der Waals surface area contributed by atoms with Gasteiger partial charge in [0.25, 0.3) is 0 Å². The summed E-state index contributed by atoms with van der Waals surface area (Å²) >= 11 is 0. The lowest BCUT2D eigenvalue weighted by atomic mass is 9.94. The summed E-state index contributed by atoms with van der Waals surface area (Å²) in [5.74, 6) is 0. The van der Waals surface area contributed by atoms with E-state index in [1.165, 1.54) is 60.4 Å². The van der Waals surface area contributed by atoms with Crippen molar-refractivity contribution in [2.24, 2.45) is 0 Å². The van der Waals surface area contributed by atoms with Crippen molar-refractivity contribution >= 4 is 49.6 Å². The molecule has 0 saturated heterocycles. The van der Waals surface area contributed by atoms with Crippen LogP contribution >= 0.6 is 0 Å². The average molecular weight is 689 g/mol. The predicted octanol–water partition coefficient (Wildman–Crippen LogP) is 14.4. The molecule has 1 heterocycles. The summed E-state index contributed by atoms with van der Waals surface area (Å²) in [6, 6.07) is 79.0. The van der Waals surface area contributed by atoms with Gasteiger partial charge in [0.1, 0.15) is 0 Å². The van der Waals surface area contributed by atoms with E-state index in [-0.39, 0.29) is 0 Å². The van der Waals surface area contributed by atoms with Crippen LogP contribution in [0.2, 0.25) is 0 Å². The van der Waals surface area contributed by atoms with E-state index in [1.807, 2.05) is 0 Å². The zero-order valence-electron chi connectivity index (χ0n) is 29.7. The molecule has 1 aromatic heterocycles. The van der Waals surface area contributed by atoms with Crippen molar-refractivity contribution in [3.05, 3.63) is 218 Å². The van der Waals surface area contributed by atoms with E-state index in [0.29, 0.717) is 0 Å². The monoisotopic (exact) mass is 688 g/mol. The van der Waals surface area contributed by atoms with Gasteiger partial charge in [0.05, 0.1) is 33.8 Å². The van der Waals surface area contributed by atoms with Gasteiger partial charge < -0.3 is 9.47 Å². The predicted molar refractivity (Wildman–Crippen MR) is 229 cm³/mol. The van der Waals surface area contributed by atoms with Crippen LogP contribution in [0.5, 0.6) is 0 Å². The summed E-state index contributed by atoms with van der Waals surface area (Å²) in [6.45, 7) is 0. The molecule has 2 nitrogen and oxygen atoms in total. The highest BCUT2D eigenvalue weighted by Crippen LogP contribution is 2.51. The second-order valence-corrected chi connectivity index (χ2v) is 13.7. The van der Waals surface area contributed by atoms with Crippen LogP contribution in [0.3, 0.4) is 0 Å². The van der Waals surface area contributed by atoms with E-state index >= 15 is 0 Å². The summed E-state index contributed by atoms with van der Waals surface area (Å²) in [5.41, 5.74) is 13.9. The van der Waals surface area contributed by atoms with Gasteiger partial charge in [0.15, 0.2) is 0 Å². The van der Waals surface area contributed by atoms with Crippen LogP contribution in [0, 0.1) is 0 Å². The zero-order chi connectivity index (χ0) is 35.8. The fourth-order valence-corrected chi connectivity index (χ4v) is 8.22. The van der Waals surface area contributed by atoms with Crippen molar-refractivity contribution in [3.8, 4) is 39.1 Å². The maximum Gasteiger partial charge on any atom is 0.0618 e. The Hall–Kier alpha value is -7.16. The molecule has 0 saturated carbocycles. The van der Waals surface area contributed by atoms with Crippen LogP contribution in [0.4, 0.5) is 17.1 Å². The van der Waals surface area contributed by atoms with Gasteiger partial charge in [-0.05, 0) is 52.4 Å². The van der Waals surface area contributed by atoms with Crippen LogP contribution in [0.15, 0.2) is 218 Å². The second kappa shape index (κ2) is 13.4. The Balaban J connectivity index is 1.36. The van der Waals surface area contributed by atoms with Crippen LogP contribution in [0.25, 0.3) is 71.6 Å². The van der Waals surface area contributed by atoms with Crippen molar-refractivity contribution < 1.29 is 0 Å². The summed E-state index contributed by atoms with van der Waals surface area (Å²) < 4.78 is 2.46. The highest BCUT2D eigenvalue weighted by atomic mass is 15.2. The molecule has 0 amide bonds. The molecule has 0 aliphatic rings. The van der Waals surface area contributed by atoms with Crippen molar-refractivity contribution in [2.75, 3.05) is 4.90 Å². The molecule has 0 aliphatic carbocycles. The summed E-state index contributed by atoms with van der Waals surface area (Å²) in [5, 5.41) is 4.79. The molecule has 254 valence electrons. The maximum absolute atomic E-state index is 2.54. The van der Waals surface area contributed by atoms with E-state index in [4.69, 9.17) is 0 Å². The van der Waals surface area contributed by atoms with E-state index < -0.39 is 0 Å². The highest BCUT2D eigenvalue weighted by molar-refractivity contribution is 6.19. The van der Waals surface area contributed by atoms with Gasteiger partial charge in [-0.15, -0.1) is 0 Å². The number of anilines is 3. The first kappa shape index (κ1) is 31.6. The Morgan fingerprint density at radius 1 is 0.315 bits per heavy atom. The van der Waals surface area contributed by atoms with Gasteiger partial charge in [0, 0.05) is 32.8 Å². The van der Waals surface area contributed by atoms with Crippen LogP contribution < -0.4 is 4.90 Å². The molecule has 0 aliphatic heterocycles. The summed E-state index contributed by atoms with van der Waals surface area (Å²) in [7, 11) is 0. The number of para-hydroxylation sites is 3. The SMILES string of the molecule is c1ccc(-c2ccccc2N(c2c(-c3ccccc3)ccc3ccccc23)c2cccc3c2c2ccccc2n3-c2ccccc2-c2ccccc2)cc1. The number of nitrogens with zero attached hydrogens (tertiary/aromatic N) is 2. The number of rotatable bonds is 7. The first-order valence-electron chi connectivity index (χ1n) is 18.5. The number of hydrogen-bond acceptors (Lipinski definition) is 1. The lowest BCUT2D eigenvalue weighted by Crippen LogP contribution is -2.13. The largest absolute Gasteiger partial charge is 0.309 e. The standard InChI is InChI=1S/C52H36N2/c1-4-19-37(20-5-1)41-26-12-15-30-46(41)53-48-32-17-14-29-45(48)51-49(53)33-18-34-50(51)54(47-31-16-13-27-42(47)38-21-6-2-7-22-38)52-43-28-11-10-25-40(43)35-36-44(52)39-23-8-3-9-24-39/h1-36H. The molecule has 0 radical (unpaired) electrons. The minimum absolute atomic E-state index is 1.12. The Morgan fingerprint density at radius 3 is 1.57 bits per heavy atom. The van der Waals surface area contributed by atoms with Gasteiger partial charge in [-0.2, -0.15) is 0 Å². The first-order valence-corrected chi connectivity index (χ1v) is 18.5. The molecule has 0 fully saturated rings. The number of aromatic nitrogens is 1. The Bertz CT molecular complexity index is 2930. The molecule has 2 heteroatoms. The van der Waals surface area contributed by atoms with Gasteiger partial charge in [-0.1, -0.05) is 188 Å². The third kappa shape index (κ3) is 5.27. The molecular formula is C52H36N2. The highest BCUT2D eigenvalue weighted by Gasteiger charge is 2.26. The molecular weight excluding hydrogens is 653 g/mol. The zero-order valence-corrected chi connectivity index (χ0v) is 29.7. The fraction of sp³-hybridized carbons (Fsp3) is 0. The van der Waals surface area contributed by atoms with Crippen molar-refractivity contribution in [3.63, 3.8) is 0 Å². The molecule has 0 N–H and O–H groups in total. The van der Waals surface area contributed by atoms with E-state index in [0.717, 1.165) is 28.3 Å². The molecule has 0 spiro atoms. The summed E-state index contributed by atoms with van der Waals surface area (Å²) in [6.07, 6.45) is 0.